The predicted molar refractivity (Wildman–Crippen MR) is 85.2 cm³/mol. The summed E-state index contributed by atoms with van der Waals surface area (Å²) in [4.78, 5) is 0. The summed E-state index contributed by atoms with van der Waals surface area (Å²) in [6, 6.07) is 13.4. The Labute approximate surface area is 128 Å². The molecule has 0 fully saturated rings. The zero-order valence-corrected chi connectivity index (χ0v) is 13.4. The molecule has 0 heterocycles. The number of rotatable bonds is 5. The Kier molecular flexibility index (Phi) is 5.32. The Morgan fingerprint density at radius 2 is 1.75 bits per heavy atom. The van der Waals surface area contributed by atoms with Crippen LogP contribution < -0.4 is 5.32 Å². The third kappa shape index (κ3) is 4.15. The van der Waals surface area contributed by atoms with Crippen LogP contribution >= 0.6 is 15.9 Å². The molecule has 1 N–H and O–H groups in total. The SMILES string of the molecule is CC(C)c1ccc(CNCc2ccc(F)cc2Br)cc1. The quantitative estimate of drug-likeness (QED) is 0.810. The number of halogens is 2. The first-order chi connectivity index (χ1) is 9.56. The first kappa shape index (κ1) is 15.2. The molecule has 0 aliphatic carbocycles. The van der Waals surface area contributed by atoms with Crippen molar-refractivity contribution in [3.05, 3.63) is 69.4 Å². The van der Waals surface area contributed by atoms with E-state index in [1.807, 2.05) is 0 Å². The molecule has 0 unspecified atom stereocenters. The Hall–Kier alpha value is -1.19. The summed E-state index contributed by atoms with van der Waals surface area (Å²) in [7, 11) is 0. The molecule has 3 heteroatoms. The second-order valence-corrected chi connectivity index (χ2v) is 6.09. The summed E-state index contributed by atoms with van der Waals surface area (Å²) < 4.78 is 13.8. The van der Waals surface area contributed by atoms with Gasteiger partial charge >= 0.3 is 0 Å². The van der Waals surface area contributed by atoms with Gasteiger partial charge in [-0.25, -0.2) is 4.39 Å². The minimum Gasteiger partial charge on any atom is -0.309 e. The lowest BCUT2D eigenvalue weighted by Crippen LogP contribution is -2.13. The van der Waals surface area contributed by atoms with Gasteiger partial charge in [0.2, 0.25) is 0 Å². The highest BCUT2D eigenvalue weighted by molar-refractivity contribution is 9.10. The number of nitrogens with one attached hydrogen (secondary N) is 1. The van der Waals surface area contributed by atoms with Crippen LogP contribution in [0.15, 0.2) is 46.9 Å². The molecule has 0 aromatic heterocycles. The number of hydrogen-bond acceptors (Lipinski definition) is 1. The topological polar surface area (TPSA) is 12.0 Å². The molecule has 2 rings (SSSR count). The molecule has 0 radical (unpaired) electrons. The third-order valence-electron chi connectivity index (χ3n) is 3.31. The largest absolute Gasteiger partial charge is 0.309 e. The zero-order valence-electron chi connectivity index (χ0n) is 11.8. The van der Waals surface area contributed by atoms with Crippen molar-refractivity contribution in [3.63, 3.8) is 0 Å². The summed E-state index contributed by atoms with van der Waals surface area (Å²) in [5.41, 5.74) is 3.67. The van der Waals surface area contributed by atoms with Gasteiger partial charge in [-0.05, 0) is 34.7 Å². The minimum absolute atomic E-state index is 0.218. The molecule has 20 heavy (non-hydrogen) atoms. The van der Waals surface area contributed by atoms with Crippen molar-refractivity contribution >= 4 is 15.9 Å². The molecule has 0 aliphatic heterocycles. The van der Waals surface area contributed by atoms with Gasteiger partial charge in [-0.2, -0.15) is 0 Å². The highest BCUT2D eigenvalue weighted by atomic mass is 79.9. The standard InChI is InChI=1S/C17H19BrFN/c1-12(2)14-5-3-13(4-6-14)10-20-11-15-7-8-16(19)9-17(15)18/h3-9,12,20H,10-11H2,1-2H3. The van der Waals surface area contributed by atoms with Gasteiger partial charge in [-0.3, -0.25) is 0 Å². The first-order valence-electron chi connectivity index (χ1n) is 6.79. The van der Waals surface area contributed by atoms with Crippen LogP contribution in [0.2, 0.25) is 0 Å². The van der Waals surface area contributed by atoms with Crippen LogP contribution in [0.25, 0.3) is 0 Å². The molecular formula is C17H19BrFN. The van der Waals surface area contributed by atoms with E-state index < -0.39 is 0 Å². The lowest BCUT2D eigenvalue weighted by atomic mass is 10.0. The molecular weight excluding hydrogens is 317 g/mol. The van der Waals surface area contributed by atoms with E-state index in [-0.39, 0.29) is 5.82 Å². The number of benzene rings is 2. The van der Waals surface area contributed by atoms with Crippen LogP contribution in [0.4, 0.5) is 4.39 Å². The summed E-state index contributed by atoms with van der Waals surface area (Å²) >= 11 is 3.38. The van der Waals surface area contributed by atoms with Gasteiger partial charge in [0, 0.05) is 17.6 Å². The summed E-state index contributed by atoms with van der Waals surface area (Å²) in [5.74, 6) is 0.345. The summed E-state index contributed by atoms with van der Waals surface area (Å²) in [6.45, 7) is 5.91. The maximum Gasteiger partial charge on any atom is 0.124 e. The first-order valence-corrected chi connectivity index (χ1v) is 7.59. The zero-order chi connectivity index (χ0) is 14.5. The average molecular weight is 336 g/mol. The number of hydrogen-bond donors (Lipinski definition) is 1. The highest BCUT2D eigenvalue weighted by Crippen LogP contribution is 2.18. The van der Waals surface area contributed by atoms with Gasteiger partial charge in [-0.1, -0.05) is 60.1 Å². The Bertz CT molecular complexity index is 564. The van der Waals surface area contributed by atoms with Crippen LogP contribution in [-0.2, 0) is 13.1 Å². The van der Waals surface area contributed by atoms with Crippen LogP contribution in [0.1, 0.15) is 36.5 Å². The fourth-order valence-electron chi connectivity index (χ4n) is 2.03. The lowest BCUT2D eigenvalue weighted by molar-refractivity contribution is 0.623. The van der Waals surface area contributed by atoms with E-state index in [1.165, 1.54) is 23.3 Å². The summed E-state index contributed by atoms with van der Waals surface area (Å²) in [5, 5.41) is 3.37. The Morgan fingerprint density at radius 1 is 1.05 bits per heavy atom. The van der Waals surface area contributed by atoms with Crippen molar-refractivity contribution in [2.75, 3.05) is 0 Å². The van der Waals surface area contributed by atoms with E-state index in [9.17, 15) is 4.39 Å². The summed E-state index contributed by atoms with van der Waals surface area (Å²) in [6.07, 6.45) is 0. The van der Waals surface area contributed by atoms with Gasteiger partial charge in [0.25, 0.3) is 0 Å². The third-order valence-corrected chi connectivity index (χ3v) is 4.04. The normalized spacial score (nSPS) is 11.1. The van der Waals surface area contributed by atoms with Crippen LogP contribution in [-0.4, -0.2) is 0 Å². The van der Waals surface area contributed by atoms with Crippen LogP contribution in [0, 0.1) is 5.82 Å². The molecule has 2 aromatic rings. The molecule has 0 saturated carbocycles. The van der Waals surface area contributed by atoms with E-state index in [4.69, 9.17) is 0 Å². The van der Waals surface area contributed by atoms with E-state index >= 15 is 0 Å². The van der Waals surface area contributed by atoms with Crippen molar-refractivity contribution in [1.29, 1.82) is 0 Å². The van der Waals surface area contributed by atoms with Gasteiger partial charge < -0.3 is 5.32 Å². The molecule has 0 spiro atoms. The molecule has 0 saturated heterocycles. The fourth-order valence-corrected chi connectivity index (χ4v) is 2.52. The van der Waals surface area contributed by atoms with E-state index in [0.29, 0.717) is 12.5 Å². The smallest absolute Gasteiger partial charge is 0.124 e. The van der Waals surface area contributed by atoms with Crippen molar-refractivity contribution < 1.29 is 4.39 Å². The van der Waals surface area contributed by atoms with Crippen molar-refractivity contribution in [2.45, 2.75) is 32.9 Å². The molecule has 2 aromatic carbocycles. The monoisotopic (exact) mass is 335 g/mol. The predicted octanol–water partition coefficient (Wildman–Crippen LogP) is 5.00. The Balaban J connectivity index is 1.89. The minimum atomic E-state index is -0.218. The highest BCUT2D eigenvalue weighted by Gasteiger charge is 2.02. The van der Waals surface area contributed by atoms with E-state index in [2.05, 4.69) is 59.4 Å². The Morgan fingerprint density at radius 3 is 2.35 bits per heavy atom. The van der Waals surface area contributed by atoms with Crippen molar-refractivity contribution in [2.24, 2.45) is 0 Å². The molecule has 1 nitrogen and oxygen atoms in total. The lowest BCUT2D eigenvalue weighted by Gasteiger charge is -2.09. The molecule has 106 valence electrons. The molecule has 0 bridgehead atoms. The van der Waals surface area contributed by atoms with Crippen LogP contribution in [0.3, 0.4) is 0 Å². The van der Waals surface area contributed by atoms with Gasteiger partial charge in [0.1, 0.15) is 5.82 Å². The van der Waals surface area contributed by atoms with Crippen molar-refractivity contribution in [3.8, 4) is 0 Å². The maximum absolute atomic E-state index is 13.0. The fraction of sp³-hybridized carbons (Fsp3) is 0.294. The van der Waals surface area contributed by atoms with E-state index in [0.717, 1.165) is 16.6 Å². The molecule has 0 amide bonds. The van der Waals surface area contributed by atoms with Crippen molar-refractivity contribution in [1.82, 2.24) is 5.32 Å². The van der Waals surface area contributed by atoms with Gasteiger partial charge in [-0.15, -0.1) is 0 Å². The van der Waals surface area contributed by atoms with Gasteiger partial charge in [0.15, 0.2) is 0 Å². The van der Waals surface area contributed by atoms with E-state index in [1.54, 1.807) is 6.07 Å². The second-order valence-electron chi connectivity index (χ2n) is 5.24. The van der Waals surface area contributed by atoms with Crippen LogP contribution in [0.5, 0.6) is 0 Å². The molecule has 0 aliphatic rings. The average Bonchev–Trinajstić information content (AvgIpc) is 2.42. The second kappa shape index (κ2) is 7.00. The maximum atomic E-state index is 13.0. The van der Waals surface area contributed by atoms with Gasteiger partial charge in [0.05, 0.1) is 0 Å². The molecule has 0 atom stereocenters.